The Morgan fingerprint density at radius 1 is 1.28 bits per heavy atom. The Morgan fingerprint density at radius 3 is 2.40 bits per heavy atom. The average molecular weight is 361 g/mol. The number of rotatable bonds is 5. The maximum atomic E-state index is 12.4. The Labute approximate surface area is 146 Å². The number of anilines is 1. The van der Waals surface area contributed by atoms with E-state index in [0.717, 1.165) is 4.31 Å². The Balaban J connectivity index is 2.20. The molecule has 1 N–H and O–H groups in total. The number of hydrogen-bond donors (Lipinski definition) is 1. The normalized spacial score (nSPS) is 11.4. The second kappa shape index (κ2) is 7.04. The summed E-state index contributed by atoms with van der Waals surface area (Å²) in [6, 6.07) is 8.44. The van der Waals surface area contributed by atoms with Crippen LogP contribution >= 0.6 is 0 Å². The van der Waals surface area contributed by atoms with Gasteiger partial charge >= 0.3 is 0 Å². The molecule has 0 spiro atoms. The summed E-state index contributed by atoms with van der Waals surface area (Å²) in [4.78, 5) is 12.3. The Bertz CT molecular complexity index is 937. The van der Waals surface area contributed by atoms with Gasteiger partial charge < -0.3 is 5.32 Å². The third-order valence-electron chi connectivity index (χ3n) is 3.64. The molecule has 1 aromatic heterocycles. The van der Waals surface area contributed by atoms with Crippen LogP contribution in [0.5, 0.6) is 0 Å². The fourth-order valence-corrected chi connectivity index (χ4v) is 3.61. The van der Waals surface area contributed by atoms with Gasteiger partial charge in [-0.2, -0.15) is 10.4 Å². The zero-order valence-corrected chi connectivity index (χ0v) is 15.3. The molecule has 2 rings (SSSR count). The third-order valence-corrected chi connectivity index (χ3v) is 5.71. The number of carbonyl (C=O) groups excluding carboxylic acids is 1. The molecule has 1 amide bonds. The van der Waals surface area contributed by atoms with Crippen molar-refractivity contribution in [3.63, 3.8) is 0 Å². The van der Waals surface area contributed by atoms with Crippen molar-refractivity contribution >= 4 is 21.6 Å². The molecular formula is C16H19N5O3S. The van der Waals surface area contributed by atoms with Gasteiger partial charge in [-0.1, -0.05) is 0 Å². The number of amides is 1. The number of hydrogen-bond acceptors (Lipinski definition) is 5. The number of carbonyl (C=O) groups is 1. The smallest absolute Gasteiger partial charge is 0.246 e. The van der Waals surface area contributed by atoms with Crippen molar-refractivity contribution in [1.29, 1.82) is 5.26 Å². The summed E-state index contributed by atoms with van der Waals surface area (Å²) in [6.07, 6.45) is 0. The molecule has 0 unspecified atom stereocenters. The van der Waals surface area contributed by atoms with E-state index in [1.165, 1.54) is 18.8 Å². The highest BCUT2D eigenvalue weighted by Gasteiger charge is 2.27. The van der Waals surface area contributed by atoms with E-state index >= 15 is 0 Å². The number of nitrogens with zero attached hydrogens (tertiary/aromatic N) is 4. The van der Waals surface area contributed by atoms with E-state index in [2.05, 4.69) is 10.4 Å². The quantitative estimate of drug-likeness (QED) is 0.862. The largest absolute Gasteiger partial charge is 0.324 e. The van der Waals surface area contributed by atoms with Gasteiger partial charge in [-0.15, -0.1) is 0 Å². The second-order valence-corrected chi connectivity index (χ2v) is 7.77. The van der Waals surface area contributed by atoms with Gasteiger partial charge in [0.25, 0.3) is 0 Å². The summed E-state index contributed by atoms with van der Waals surface area (Å²) in [5.41, 5.74) is 1.79. The van der Waals surface area contributed by atoms with Crippen molar-refractivity contribution in [2.24, 2.45) is 0 Å². The SMILES string of the molecule is Cc1nn(CC(=O)Nc2ccc(C#N)cc2)c(C)c1S(=O)(=O)N(C)C. The molecular weight excluding hydrogens is 342 g/mol. The van der Waals surface area contributed by atoms with Gasteiger partial charge in [-0.25, -0.2) is 12.7 Å². The fourth-order valence-electron chi connectivity index (χ4n) is 2.35. The predicted octanol–water partition coefficient (Wildman–Crippen LogP) is 1.26. The van der Waals surface area contributed by atoms with Gasteiger partial charge in [0.2, 0.25) is 15.9 Å². The zero-order valence-electron chi connectivity index (χ0n) is 14.4. The van der Waals surface area contributed by atoms with Crippen LogP contribution in [0.3, 0.4) is 0 Å². The van der Waals surface area contributed by atoms with Gasteiger partial charge in [0.1, 0.15) is 11.4 Å². The van der Waals surface area contributed by atoms with E-state index in [9.17, 15) is 13.2 Å². The first kappa shape index (κ1) is 18.6. The van der Waals surface area contributed by atoms with Crippen LogP contribution in [0, 0.1) is 25.2 Å². The van der Waals surface area contributed by atoms with Crippen LogP contribution in [0.4, 0.5) is 5.69 Å². The van der Waals surface area contributed by atoms with Crippen molar-refractivity contribution in [1.82, 2.24) is 14.1 Å². The predicted molar refractivity (Wildman–Crippen MR) is 92.4 cm³/mol. The van der Waals surface area contributed by atoms with Crippen molar-refractivity contribution in [3.05, 3.63) is 41.2 Å². The molecule has 0 aliphatic carbocycles. The van der Waals surface area contributed by atoms with E-state index in [-0.39, 0.29) is 17.3 Å². The lowest BCUT2D eigenvalue weighted by Crippen LogP contribution is -2.24. The summed E-state index contributed by atoms with van der Waals surface area (Å²) in [6.45, 7) is 3.10. The maximum absolute atomic E-state index is 12.4. The number of sulfonamides is 1. The lowest BCUT2D eigenvalue weighted by atomic mass is 10.2. The Hall–Kier alpha value is -2.70. The van der Waals surface area contributed by atoms with Crippen molar-refractivity contribution < 1.29 is 13.2 Å². The molecule has 25 heavy (non-hydrogen) atoms. The van der Waals surface area contributed by atoms with Crippen LogP contribution in [-0.4, -0.2) is 42.5 Å². The van der Waals surface area contributed by atoms with Gasteiger partial charge in [-0.3, -0.25) is 9.48 Å². The first-order valence-corrected chi connectivity index (χ1v) is 8.87. The number of benzene rings is 1. The molecule has 0 aliphatic heterocycles. The third kappa shape index (κ3) is 3.87. The van der Waals surface area contributed by atoms with E-state index in [0.29, 0.717) is 22.6 Å². The number of aromatic nitrogens is 2. The van der Waals surface area contributed by atoms with Crippen LogP contribution in [0.25, 0.3) is 0 Å². The topological polar surface area (TPSA) is 108 Å². The molecule has 1 heterocycles. The maximum Gasteiger partial charge on any atom is 0.246 e. The molecule has 0 bridgehead atoms. The average Bonchev–Trinajstić information content (AvgIpc) is 2.82. The first-order valence-electron chi connectivity index (χ1n) is 7.43. The molecule has 9 heteroatoms. The van der Waals surface area contributed by atoms with Crippen LogP contribution < -0.4 is 5.32 Å². The highest BCUT2D eigenvalue weighted by Crippen LogP contribution is 2.22. The van der Waals surface area contributed by atoms with Crippen molar-refractivity contribution in [2.45, 2.75) is 25.3 Å². The summed E-state index contributed by atoms with van der Waals surface area (Å²) >= 11 is 0. The lowest BCUT2D eigenvalue weighted by Gasteiger charge is -2.12. The minimum absolute atomic E-state index is 0.115. The van der Waals surface area contributed by atoms with Gasteiger partial charge in [0.05, 0.1) is 23.0 Å². The Kier molecular flexibility index (Phi) is 5.25. The highest BCUT2D eigenvalue weighted by molar-refractivity contribution is 7.89. The molecule has 0 saturated carbocycles. The van der Waals surface area contributed by atoms with Gasteiger partial charge in [-0.05, 0) is 38.1 Å². The van der Waals surface area contributed by atoms with E-state index in [1.54, 1.807) is 38.1 Å². The minimum atomic E-state index is -3.63. The zero-order chi connectivity index (χ0) is 18.8. The monoisotopic (exact) mass is 361 g/mol. The molecule has 2 aromatic rings. The van der Waals surface area contributed by atoms with Crippen LogP contribution in [-0.2, 0) is 21.4 Å². The summed E-state index contributed by atoms with van der Waals surface area (Å²) < 4.78 is 27.2. The number of nitriles is 1. The summed E-state index contributed by atoms with van der Waals surface area (Å²) in [5, 5.41) is 15.6. The summed E-state index contributed by atoms with van der Waals surface area (Å²) in [5.74, 6) is -0.343. The van der Waals surface area contributed by atoms with E-state index < -0.39 is 10.0 Å². The van der Waals surface area contributed by atoms with E-state index in [1.807, 2.05) is 6.07 Å². The second-order valence-electron chi connectivity index (χ2n) is 5.68. The number of aryl methyl sites for hydroxylation is 1. The summed E-state index contributed by atoms with van der Waals surface area (Å²) in [7, 11) is -0.737. The van der Waals surface area contributed by atoms with Crippen molar-refractivity contribution in [3.8, 4) is 6.07 Å². The standard InChI is InChI=1S/C16H19N5O3S/c1-11-16(25(23,24)20(3)4)12(2)21(19-11)10-15(22)18-14-7-5-13(9-17)6-8-14/h5-8H,10H2,1-4H3,(H,18,22). The highest BCUT2D eigenvalue weighted by atomic mass is 32.2. The fraction of sp³-hybridized carbons (Fsp3) is 0.312. The molecule has 0 saturated heterocycles. The molecule has 0 fully saturated rings. The van der Waals surface area contributed by atoms with Crippen LogP contribution in [0.15, 0.2) is 29.2 Å². The minimum Gasteiger partial charge on any atom is -0.324 e. The molecule has 132 valence electrons. The first-order chi connectivity index (χ1) is 11.7. The molecule has 8 nitrogen and oxygen atoms in total. The van der Waals surface area contributed by atoms with Crippen LogP contribution in [0.1, 0.15) is 17.0 Å². The Morgan fingerprint density at radius 2 is 1.88 bits per heavy atom. The molecule has 0 radical (unpaired) electrons. The number of nitrogens with one attached hydrogen (secondary N) is 1. The van der Waals surface area contributed by atoms with E-state index in [4.69, 9.17) is 5.26 Å². The van der Waals surface area contributed by atoms with Crippen molar-refractivity contribution in [2.75, 3.05) is 19.4 Å². The molecule has 1 aromatic carbocycles. The van der Waals surface area contributed by atoms with Crippen LogP contribution in [0.2, 0.25) is 0 Å². The van der Waals surface area contributed by atoms with Gasteiger partial charge in [0, 0.05) is 19.8 Å². The van der Waals surface area contributed by atoms with Gasteiger partial charge in [0.15, 0.2) is 0 Å². The lowest BCUT2D eigenvalue weighted by molar-refractivity contribution is -0.116. The molecule has 0 atom stereocenters. The molecule has 0 aliphatic rings.